The Balaban J connectivity index is 1.64. The molecule has 0 N–H and O–H groups in total. The van der Waals surface area contributed by atoms with E-state index < -0.39 is 12.0 Å². The van der Waals surface area contributed by atoms with Crippen LogP contribution in [0.1, 0.15) is 70.8 Å². The van der Waals surface area contributed by atoms with Crippen molar-refractivity contribution in [1.82, 2.24) is 24.7 Å². The Morgan fingerprint density at radius 3 is 2.53 bits per heavy atom. The lowest BCUT2D eigenvalue weighted by Crippen LogP contribution is -2.29. The second-order valence-electron chi connectivity index (χ2n) is 10.1. The lowest BCUT2D eigenvalue weighted by Gasteiger charge is -2.31. The van der Waals surface area contributed by atoms with Crippen LogP contribution in [0.15, 0.2) is 24.8 Å². The monoisotopic (exact) mass is 471 g/mol. The number of aromatic nitrogens is 5. The Labute approximate surface area is 198 Å². The van der Waals surface area contributed by atoms with E-state index in [0.717, 1.165) is 31.2 Å². The summed E-state index contributed by atoms with van der Waals surface area (Å²) in [4.78, 5) is 25.6. The fourth-order valence-electron chi connectivity index (χ4n) is 4.77. The van der Waals surface area contributed by atoms with E-state index in [0.29, 0.717) is 29.7 Å². The van der Waals surface area contributed by atoms with Crippen molar-refractivity contribution in [2.75, 3.05) is 0 Å². The van der Waals surface area contributed by atoms with E-state index in [-0.39, 0.29) is 28.9 Å². The molecular formula is C25H31F2N5O2. The van der Waals surface area contributed by atoms with E-state index in [1.165, 1.54) is 12.4 Å². The molecule has 1 saturated carbocycles. The quantitative estimate of drug-likeness (QED) is 0.445. The molecule has 3 heterocycles. The number of carbonyl (C=O) groups is 1. The van der Waals surface area contributed by atoms with Gasteiger partial charge in [-0.1, -0.05) is 12.8 Å². The number of aryl methyl sites for hydroxylation is 1. The number of ether oxygens (including phenoxy) is 1. The number of esters is 1. The predicted molar refractivity (Wildman–Crippen MR) is 124 cm³/mol. The van der Waals surface area contributed by atoms with Gasteiger partial charge in [-0.05, 0) is 45.4 Å². The summed E-state index contributed by atoms with van der Waals surface area (Å²) in [5.41, 5.74) is 1.01. The molecule has 0 unspecified atom stereocenters. The number of nitrogens with zero attached hydrogens (tertiary/aromatic N) is 5. The van der Waals surface area contributed by atoms with Crippen LogP contribution in [0, 0.1) is 11.8 Å². The zero-order valence-corrected chi connectivity index (χ0v) is 20.1. The Morgan fingerprint density at radius 1 is 1.15 bits per heavy atom. The Morgan fingerprint density at radius 2 is 1.88 bits per heavy atom. The summed E-state index contributed by atoms with van der Waals surface area (Å²) in [6, 6.07) is 0. The normalized spacial score (nSPS) is 19.0. The molecule has 4 rings (SSSR count). The molecule has 1 aliphatic rings. The van der Waals surface area contributed by atoms with Gasteiger partial charge in [0.15, 0.2) is 0 Å². The van der Waals surface area contributed by atoms with Gasteiger partial charge in [0.25, 0.3) is 6.43 Å². The Kier molecular flexibility index (Phi) is 6.91. The van der Waals surface area contributed by atoms with Gasteiger partial charge in [0.2, 0.25) is 0 Å². The summed E-state index contributed by atoms with van der Waals surface area (Å²) >= 11 is 0. The first kappa shape index (κ1) is 24.2. The van der Waals surface area contributed by atoms with Crippen LogP contribution in [0.4, 0.5) is 8.78 Å². The highest BCUT2D eigenvalue weighted by molar-refractivity contribution is 5.93. The minimum atomic E-state index is -2.73. The van der Waals surface area contributed by atoms with Crippen molar-refractivity contribution < 1.29 is 18.3 Å². The zero-order valence-electron chi connectivity index (χ0n) is 20.1. The van der Waals surface area contributed by atoms with Gasteiger partial charge in [0.1, 0.15) is 17.1 Å². The van der Waals surface area contributed by atoms with Crippen LogP contribution in [0.3, 0.4) is 0 Å². The summed E-state index contributed by atoms with van der Waals surface area (Å²) in [6.45, 7) is 5.61. The van der Waals surface area contributed by atoms with Crippen LogP contribution >= 0.6 is 0 Å². The summed E-state index contributed by atoms with van der Waals surface area (Å²) in [5, 5.41) is 4.43. The number of rotatable bonds is 6. The topological polar surface area (TPSA) is 82.8 Å². The summed E-state index contributed by atoms with van der Waals surface area (Å²) in [6.07, 6.45) is 8.69. The Hall–Kier alpha value is -2.97. The number of hydrogen-bond donors (Lipinski definition) is 0. The number of alkyl halides is 2. The van der Waals surface area contributed by atoms with Crippen molar-refractivity contribution in [3.05, 3.63) is 36.3 Å². The van der Waals surface area contributed by atoms with E-state index in [1.807, 2.05) is 20.8 Å². The van der Waals surface area contributed by atoms with Gasteiger partial charge in [-0.15, -0.1) is 0 Å². The van der Waals surface area contributed by atoms with Gasteiger partial charge in [-0.3, -0.25) is 14.5 Å². The molecule has 2 atom stereocenters. The number of carbonyl (C=O) groups excluding carboxylic acids is 1. The molecule has 182 valence electrons. The molecule has 0 aliphatic heterocycles. The number of halogens is 2. The molecular weight excluding hydrogens is 440 g/mol. The number of fused-ring (bicyclic) bond motifs is 1. The molecule has 1 fully saturated rings. The van der Waals surface area contributed by atoms with Crippen molar-refractivity contribution in [2.45, 2.75) is 71.3 Å². The van der Waals surface area contributed by atoms with Crippen molar-refractivity contribution >= 4 is 16.9 Å². The first-order valence-corrected chi connectivity index (χ1v) is 11.7. The molecule has 0 radical (unpaired) electrons. The van der Waals surface area contributed by atoms with Crippen LogP contribution in [0.25, 0.3) is 22.0 Å². The van der Waals surface area contributed by atoms with Crippen LogP contribution in [0.5, 0.6) is 0 Å². The molecule has 0 spiro atoms. The molecule has 0 bridgehead atoms. The maximum absolute atomic E-state index is 13.6. The van der Waals surface area contributed by atoms with E-state index in [2.05, 4.69) is 15.1 Å². The minimum Gasteiger partial charge on any atom is -0.460 e. The van der Waals surface area contributed by atoms with Crippen LogP contribution in [-0.4, -0.2) is 36.3 Å². The summed E-state index contributed by atoms with van der Waals surface area (Å²) in [7, 11) is 1.79. The first-order chi connectivity index (χ1) is 16.1. The molecule has 7 nitrogen and oxygen atoms in total. The summed E-state index contributed by atoms with van der Waals surface area (Å²) in [5.74, 6) is 0.826. The molecule has 1 aliphatic carbocycles. The van der Waals surface area contributed by atoms with E-state index in [1.54, 1.807) is 24.1 Å². The van der Waals surface area contributed by atoms with Gasteiger partial charge >= 0.3 is 5.97 Å². The zero-order chi connectivity index (χ0) is 24.5. The third-order valence-corrected chi connectivity index (χ3v) is 6.29. The van der Waals surface area contributed by atoms with Gasteiger partial charge in [-0.25, -0.2) is 18.7 Å². The van der Waals surface area contributed by atoms with E-state index >= 15 is 0 Å². The smallest absolute Gasteiger partial charge is 0.306 e. The molecule has 0 saturated heterocycles. The number of pyridine rings is 1. The molecule has 0 aromatic carbocycles. The fourth-order valence-corrected chi connectivity index (χ4v) is 4.77. The third kappa shape index (κ3) is 5.56. The highest BCUT2D eigenvalue weighted by atomic mass is 19.3. The van der Waals surface area contributed by atoms with Crippen molar-refractivity contribution in [3.8, 4) is 11.1 Å². The standard InChI is InChI=1S/C25H31F2N5O2/c1-25(2,3)34-21(33)10-16-8-6-5-7-15(16)9-20-28-13-19-22(31-20)18(12-29-23(19)24(26)27)17-11-30-32(4)14-17/h11-16,24H,5-10H2,1-4H3/t15-,16+/m0/s1. The van der Waals surface area contributed by atoms with Crippen LogP contribution in [0.2, 0.25) is 0 Å². The Bertz CT molecular complexity index is 1170. The van der Waals surface area contributed by atoms with Gasteiger partial charge in [0, 0.05) is 55.0 Å². The van der Waals surface area contributed by atoms with Gasteiger partial charge in [-0.2, -0.15) is 5.10 Å². The maximum Gasteiger partial charge on any atom is 0.306 e. The lowest BCUT2D eigenvalue weighted by atomic mass is 9.75. The van der Waals surface area contributed by atoms with Crippen LogP contribution < -0.4 is 0 Å². The lowest BCUT2D eigenvalue weighted by molar-refractivity contribution is -0.156. The highest BCUT2D eigenvalue weighted by Gasteiger charge is 2.30. The second kappa shape index (κ2) is 9.72. The average molecular weight is 472 g/mol. The molecule has 3 aromatic heterocycles. The van der Waals surface area contributed by atoms with Crippen molar-refractivity contribution in [3.63, 3.8) is 0 Å². The average Bonchev–Trinajstić information content (AvgIpc) is 3.18. The largest absolute Gasteiger partial charge is 0.460 e. The fraction of sp³-hybridized carbons (Fsp3) is 0.560. The van der Waals surface area contributed by atoms with E-state index in [4.69, 9.17) is 9.72 Å². The number of hydrogen-bond acceptors (Lipinski definition) is 6. The molecule has 3 aromatic rings. The third-order valence-electron chi connectivity index (χ3n) is 6.29. The first-order valence-electron chi connectivity index (χ1n) is 11.7. The second-order valence-corrected chi connectivity index (χ2v) is 10.1. The molecule has 0 amide bonds. The minimum absolute atomic E-state index is 0.185. The van der Waals surface area contributed by atoms with Crippen molar-refractivity contribution in [1.29, 1.82) is 0 Å². The van der Waals surface area contributed by atoms with Gasteiger partial charge in [0.05, 0.1) is 11.7 Å². The van der Waals surface area contributed by atoms with Crippen LogP contribution in [-0.2, 0) is 23.0 Å². The van der Waals surface area contributed by atoms with E-state index in [9.17, 15) is 13.6 Å². The van der Waals surface area contributed by atoms with Gasteiger partial charge < -0.3 is 4.74 Å². The predicted octanol–water partition coefficient (Wildman–Crippen LogP) is 5.44. The SMILES string of the molecule is Cn1cc(-c2cnc(C(F)F)c3cnc(C[C@@H]4CCCC[C@@H]4CC(=O)OC(C)(C)C)nc23)cn1. The maximum atomic E-state index is 13.6. The molecule has 9 heteroatoms. The summed E-state index contributed by atoms with van der Waals surface area (Å²) < 4.78 is 34.4. The molecule has 34 heavy (non-hydrogen) atoms. The highest BCUT2D eigenvalue weighted by Crippen LogP contribution is 2.36. The van der Waals surface area contributed by atoms with Crippen molar-refractivity contribution in [2.24, 2.45) is 18.9 Å².